The van der Waals surface area contributed by atoms with Crippen molar-refractivity contribution in [3.8, 4) is 0 Å². The van der Waals surface area contributed by atoms with Gasteiger partial charge in [0.2, 0.25) is 0 Å². The molecule has 0 aromatic heterocycles. The Bertz CT molecular complexity index is 504. The number of likely N-dealkylation sites (N-methyl/N-ethyl adjacent to an activating group) is 1. The monoisotopic (exact) mass is 449 g/mol. The van der Waals surface area contributed by atoms with Crippen molar-refractivity contribution in [3.63, 3.8) is 0 Å². The number of guanidine groups is 1. The number of nitrogens with zero attached hydrogens (tertiary/aromatic N) is 3. The van der Waals surface area contributed by atoms with E-state index in [-0.39, 0.29) is 29.8 Å². The van der Waals surface area contributed by atoms with Crippen LogP contribution in [0.15, 0.2) is 29.3 Å². The molecule has 0 aliphatic carbocycles. The van der Waals surface area contributed by atoms with E-state index in [9.17, 15) is 4.39 Å². The molecule has 1 saturated heterocycles. The van der Waals surface area contributed by atoms with E-state index in [1.54, 1.807) is 13.1 Å². The molecule has 1 aliphatic heterocycles. The van der Waals surface area contributed by atoms with Crippen molar-refractivity contribution < 1.29 is 4.39 Å². The molecule has 0 atom stereocenters. The van der Waals surface area contributed by atoms with Gasteiger partial charge in [0.05, 0.1) is 0 Å². The molecule has 1 fully saturated rings. The van der Waals surface area contributed by atoms with Crippen LogP contribution in [0.25, 0.3) is 0 Å². The number of nitrogens with one attached hydrogen (secondary N) is 2. The summed E-state index contributed by atoms with van der Waals surface area (Å²) >= 11 is 0. The maximum Gasteiger partial charge on any atom is 0.191 e. The van der Waals surface area contributed by atoms with Crippen LogP contribution in [0.5, 0.6) is 0 Å². The molecule has 0 radical (unpaired) electrons. The zero-order chi connectivity index (χ0) is 16.5. The highest BCUT2D eigenvalue weighted by Gasteiger charge is 2.14. The Morgan fingerprint density at radius 2 is 1.88 bits per heavy atom. The van der Waals surface area contributed by atoms with Crippen LogP contribution >= 0.6 is 24.0 Å². The zero-order valence-corrected chi connectivity index (χ0v) is 16.9. The van der Waals surface area contributed by atoms with E-state index in [2.05, 4.69) is 32.3 Å². The van der Waals surface area contributed by atoms with E-state index in [0.717, 1.165) is 57.3 Å². The van der Waals surface area contributed by atoms with Crippen molar-refractivity contribution in [3.05, 3.63) is 35.6 Å². The maximum absolute atomic E-state index is 13.2. The predicted molar refractivity (Wildman–Crippen MR) is 109 cm³/mol. The van der Waals surface area contributed by atoms with Crippen LogP contribution in [-0.2, 0) is 6.54 Å². The van der Waals surface area contributed by atoms with Gasteiger partial charge in [-0.2, -0.15) is 0 Å². The van der Waals surface area contributed by atoms with Crippen molar-refractivity contribution in [2.45, 2.75) is 13.5 Å². The van der Waals surface area contributed by atoms with Crippen LogP contribution in [0.4, 0.5) is 4.39 Å². The molecule has 2 N–H and O–H groups in total. The van der Waals surface area contributed by atoms with Gasteiger partial charge in [0.15, 0.2) is 5.96 Å². The molecule has 0 amide bonds. The van der Waals surface area contributed by atoms with Gasteiger partial charge in [-0.05, 0) is 24.2 Å². The fourth-order valence-corrected chi connectivity index (χ4v) is 2.71. The lowest BCUT2D eigenvalue weighted by atomic mass is 10.2. The first-order chi connectivity index (χ1) is 11.2. The molecule has 24 heavy (non-hydrogen) atoms. The van der Waals surface area contributed by atoms with Gasteiger partial charge < -0.3 is 15.5 Å². The maximum atomic E-state index is 13.2. The van der Waals surface area contributed by atoms with Gasteiger partial charge in [-0.3, -0.25) is 9.89 Å². The summed E-state index contributed by atoms with van der Waals surface area (Å²) in [5.74, 6) is 0.542. The Labute approximate surface area is 161 Å². The molecule has 136 valence electrons. The largest absolute Gasteiger partial charge is 0.355 e. The molecule has 0 bridgehead atoms. The summed E-state index contributed by atoms with van der Waals surface area (Å²) < 4.78 is 13.2. The molecular weight excluding hydrogens is 420 g/mol. The third-order valence-electron chi connectivity index (χ3n) is 4.21. The van der Waals surface area contributed by atoms with Crippen LogP contribution < -0.4 is 10.6 Å². The minimum absolute atomic E-state index is 0. The molecule has 0 saturated carbocycles. The summed E-state index contributed by atoms with van der Waals surface area (Å²) in [6.07, 6.45) is 0. The van der Waals surface area contributed by atoms with Gasteiger partial charge in [0.25, 0.3) is 0 Å². The van der Waals surface area contributed by atoms with Crippen LogP contribution in [0.1, 0.15) is 12.5 Å². The van der Waals surface area contributed by atoms with E-state index in [1.165, 1.54) is 12.1 Å². The Hall–Kier alpha value is -0.930. The van der Waals surface area contributed by atoms with Crippen molar-refractivity contribution in [2.24, 2.45) is 4.99 Å². The highest BCUT2D eigenvalue weighted by Crippen LogP contribution is 2.03. The van der Waals surface area contributed by atoms with Gasteiger partial charge >= 0.3 is 0 Å². The Morgan fingerprint density at radius 3 is 2.50 bits per heavy atom. The van der Waals surface area contributed by atoms with Gasteiger partial charge in [-0.25, -0.2) is 4.39 Å². The normalized spacial score (nSPS) is 16.5. The molecule has 0 unspecified atom stereocenters. The highest BCUT2D eigenvalue weighted by atomic mass is 127. The molecule has 1 aliphatic rings. The number of rotatable bonds is 6. The van der Waals surface area contributed by atoms with Crippen LogP contribution in [0.2, 0.25) is 0 Å². The third kappa shape index (κ3) is 7.31. The number of piperazine rings is 1. The third-order valence-corrected chi connectivity index (χ3v) is 4.21. The van der Waals surface area contributed by atoms with Crippen molar-refractivity contribution in [1.29, 1.82) is 0 Å². The van der Waals surface area contributed by atoms with Gasteiger partial charge in [0, 0.05) is 52.9 Å². The standard InChI is InChI=1S/C17H28FN5.HI/c1-3-22-9-11-23(12-10-22)8-7-20-17(19-2)21-14-15-5-4-6-16(18)13-15;/h4-6,13H,3,7-12,14H2,1-2H3,(H2,19,20,21);1H. The molecular formula is C17H29FIN5. The Kier molecular flexibility index (Phi) is 10.2. The van der Waals surface area contributed by atoms with E-state index in [0.29, 0.717) is 6.54 Å². The number of hydrogen-bond acceptors (Lipinski definition) is 3. The number of benzene rings is 1. The zero-order valence-electron chi connectivity index (χ0n) is 14.6. The molecule has 2 rings (SSSR count). The highest BCUT2D eigenvalue weighted by molar-refractivity contribution is 14.0. The van der Waals surface area contributed by atoms with Gasteiger partial charge in [0.1, 0.15) is 5.82 Å². The van der Waals surface area contributed by atoms with Crippen LogP contribution in [0, 0.1) is 5.82 Å². The fraction of sp³-hybridized carbons (Fsp3) is 0.588. The molecule has 5 nitrogen and oxygen atoms in total. The predicted octanol–water partition coefficient (Wildman–Crippen LogP) is 1.75. The fourth-order valence-electron chi connectivity index (χ4n) is 2.71. The van der Waals surface area contributed by atoms with E-state index < -0.39 is 0 Å². The quantitative estimate of drug-likeness (QED) is 0.395. The molecule has 0 spiro atoms. The van der Waals surface area contributed by atoms with Crippen LogP contribution in [0.3, 0.4) is 0 Å². The van der Waals surface area contributed by atoms with Crippen molar-refractivity contribution in [1.82, 2.24) is 20.4 Å². The first-order valence-corrected chi connectivity index (χ1v) is 8.35. The lowest BCUT2D eigenvalue weighted by molar-refractivity contribution is 0.139. The molecule has 1 aromatic carbocycles. The summed E-state index contributed by atoms with van der Waals surface area (Å²) in [4.78, 5) is 9.15. The van der Waals surface area contributed by atoms with E-state index in [1.807, 2.05) is 6.07 Å². The smallest absolute Gasteiger partial charge is 0.191 e. The molecule has 1 heterocycles. The second-order valence-corrected chi connectivity index (χ2v) is 5.76. The van der Waals surface area contributed by atoms with Crippen molar-refractivity contribution >= 4 is 29.9 Å². The number of halogens is 2. The Morgan fingerprint density at radius 1 is 1.17 bits per heavy atom. The topological polar surface area (TPSA) is 42.9 Å². The molecule has 7 heteroatoms. The molecule has 1 aromatic rings. The van der Waals surface area contributed by atoms with Crippen LogP contribution in [-0.4, -0.2) is 68.6 Å². The number of aliphatic imine (C=N–C) groups is 1. The van der Waals surface area contributed by atoms with E-state index >= 15 is 0 Å². The average Bonchev–Trinajstić information content (AvgIpc) is 2.58. The van der Waals surface area contributed by atoms with E-state index in [4.69, 9.17) is 0 Å². The number of hydrogen-bond donors (Lipinski definition) is 2. The summed E-state index contributed by atoms with van der Waals surface area (Å²) in [5, 5.41) is 6.53. The summed E-state index contributed by atoms with van der Waals surface area (Å²) in [7, 11) is 1.75. The minimum atomic E-state index is -0.210. The summed E-state index contributed by atoms with van der Waals surface area (Å²) in [6.45, 7) is 10.4. The SMILES string of the molecule is CCN1CCN(CCNC(=NC)NCc2cccc(F)c2)CC1.I. The lowest BCUT2D eigenvalue weighted by Crippen LogP contribution is -2.49. The average molecular weight is 449 g/mol. The summed E-state index contributed by atoms with van der Waals surface area (Å²) in [5.41, 5.74) is 0.906. The van der Waals surface area contributed by atoms with Crippen molar-refractivity contribution in [2.75, 3.05) is 52.9 Å². The second-order valence-electron chi connectivity index (χ2n) is 5.76. The van der Waals surface area contributed by atoms with Gasteiger partial charge in [-0.1, -0.05) is 19.1 Å². The first kappa shape index (κ1) is 21.1. The van der Waals surface area contributed by atoms with Gasteiger partial charge in [-0.15, -0.1) is 24.0 Å². The minimum Gasteiger partial charge on any atom is -0.355 e. The first-order valence-electron chi connectivity index (χ1n) is 8.35. The second kappa shape index (κ2) is 11.6. The summed E-state index contributed by atoms with van der Waals surface area (Å²) in [6, 6.07) is 6.61. The lowest BCUT2D eigenvalue weighted by Gasteiger charge is -2.34. The Balaban J connectivity index is 0.00000288.